The summed E-state index contributed by atoms with van der Waals surface area (Å²) in [6.45, 7) is 3.92. The highest BCUT2D eigenvalue weighted by Crippen LogP contribution is 2.78. The van der Waals surface area contributed by atoms with Gasteiger partial charge in [0.2, 0.25) is 0 Å². The predicted molar refractivity (Wildman–Crippen MR) is 111 cm³/mol. The Hall–Kier alpha value is -1.15. The summed E-state index contributed by atoms with van der Waals surface area (Å²) in [4.78, 5) is -0.295. The van der Waals surface area contributed by atoms with Gasteiger partial charge < -0.3 is 0 Å². The van der Waals surface area contributed by atoms with E-state index in [4.69, 9.17) is 4.18 Å². The zero-order valence-electron chi connectivity index (χ0n) is 18.5. The Labute approximate surface area is 187 Å². The third-order valence-corrected chi connectivity index (χ3v) is 11.1. The molecule has 0 spiro atoms. The molecule has 0 unspecified atom stereocenters. The lowest BCUT2D eigenvalue weighted by Crippen LogP contribution is -2.77. The van der Waals surface area contributed by atoms with E-state index in [1.807, 2.05) is 0 Å². The summed E-state index contributed by atoms with van der Waals surface area (Å²) >= 11 is 0. The third kappa shape index (κ3) is 2.65. The molecule has 0 N–H and O–H groups in total. The van der Waals surface area contributed by atoms with Crippen LogP contribution in [-0.4, -0.2) is 25.9 Å². The van der Waals surface area contributed by atoms with Gasteiger partial charge in [0.05, 0.1) is 4.90 Å². The Kier molecular flexibility index (Phi) is 4.59. The third-order valence-electron chi connectivity index (χ3n) is 9.69. The minimum atomic E-state index is -4.62. The van der Waals surface area contributed by atoms with E-state index >= 15 is 17.6 Å². The lowest BCUT2D eigenvalue weighted by Gasteiger charge is -2.69. The average molecular weight is 475 g/mol. The molecule has 1 aromatic carbocycles. The second kappa shape index (κ2) is 6.49. The van der Waals surface area contributed by atoms with Crippen molar-refractivity contribution >= 4 is 10.1 Å². The van der Waals surface area contributed by atoms with Crippen LogP contribution in [-0.2, 0) is 14.3 Å². The molecule has 0 aromatic heterocycles. The number of aryl methyl sites for hydroxylation is 1. The lowest BCUT2D eigenvalue weighted by atomic mass is 9.38. The van der Waals surface area contributed by atoms with Crippen LogP contribution in [0.3, 0.4) is 0 Å². The van der Waals surface area contributed by atoms with Crippen LogP contribution in [0.25, 0.3) is 0 Å². The van der Waals surface area contributed by atoms with E-state index in [0.717, 1.165) is 24.8 Å². The van der Waals surface area contributed by atoms with Gasteiger partial charge in [-0.05, 0) is 94.1 Å². The largest absolute Gasteiger partial charge is 0.340 e. The first-order valence-electron chi connectivity index (χ1n) is 11.5. The molecule has 0 aliphatic heterocycles. The summed E-state index contributed by atoms with van der Waals surface area (Å²) in [6.07, 6.45) is 3.00. The number of halogens is 4. The number of alkyl halides is 4. The first-order chi connectivity index (χ1) is 14.7. The number of rotatable bonds is 4. The van der Waals surface area contributed by atoms with Crippen molar-refractivity contribution in [3.05, 3.63) is 29.8 Å². The molecule has 1 aromatic rings. The quantitative estimate of drug-likeness (QED) is 0.363. The molecule has 0 amide bonds. The Morgan fingerprint density at radius 3 is 1.75 bits per heavy atom. The molecule has 0 heterocycles. The molecule has 178 valence electrons. The van der Waals surface area contributed by atoms with Crippen LogP contribution in [0.1, 0.15) is 76.7 Å². The van der Waals surface area contributed by atoms with Crippen LogP contribution in [0, 0.1) is 23.2 Å². The number of hydrogen-bond donors (Lipinski definition) is 0. The van der Waals surface area contributed by atoms with Crippen molar-refractivity contribution in [1.29, 1.82) is 0 Å². The second-order valence-electron chi connectivity index (χ2n) is 11.2. The van der Waals surface area contributed by atoms with Crippen molar-refractivity contribution < 1.29 is 30.2 Å². The molecular weight excluding hydrogens is 444 g/mol. The van der Waals surface area contributed by atoms with E-state index < -0.39 is 38.4 Å². The zero-order chi connectivity index (χ0) is 23.3. The SMILES string of the molecule is Cc1ccc(S(=O)(=O)OC23CCC(C45CCC(C)(CC4)CC5)(CC2)C(F)(F)C3(F)F)cc1. The molecule has 0 radical (unpaired) electrons. The Morgan fingerprint density at radius 1 is 0.750 bits per heavy atom. The summed E-state index contributed by atoms with van der Waals surface area (Å²) in [6, 6.07) is 5.56. The van der Waals surface area contributed by atoms with Gasteiger partial charge in [-0.25, -0.2) is 0 Å². The van der Waals surface area contributed by atoms with Crippen molar-refractivity contribution in [2.24, 2.45) is 16.2 Å². The van der Waals surface area contributed by atoms with Crippen LogP contribution >= 0.6 is 0 Å². The zero-order valence-corrected chi connectivity index (χ0v) is 19.3. The van der Waals surface area contributed by atoms with Gasteiger partial charge >= 0.3 is 11.8 Å². The number of hydrogen-bond acceptors (Lipinski definition) is 3. The molecule has 0 atom stereocenters. The maximum atomic E-state index is 15.9. The van der Waals surface area contributed by atoms with Gasteiger partial charge in [0.15, 0.2) is 5.60 Å². The smallest absolute Gasteiger partial charge is 0.253 e. The van der Waals surface area contributed by atoms with Crippen molar-refractivity contribution in [2.75, 3.05) is 0 Å². The van der Waals surface area contributed by atoms with Gasteiger partial charge in [-0.3, -0.25) is 4.18 Å². The summed E-state index contributed by atoms with van der Waals surface area (Å²) < 4.78 is 94.0. The molecule has 6 aliphatic carbocycles. The minimum Gasteiger partial charge on any atom is -0.253 e. The topological polar surface area (TPSA) is 43.4 Å². The normalized spacial score (nSPS) is 42.2. The summed E-state index contributed by atoms with van der Waals surface area (Å²) in [7, 11) is -4.62. The number of benzene rings is 1. The fourth-order valence-electron chi connectivity index (χ4n) is 7.35. The van der Waals surface area contributed by atoms with Gasteiger partial charge in [-0.2, -0.15) is 26.0 Å². The van der Waals surface area contributed by atoms with Gasteiger partial charge in [0, 0.05) is 5.41 Å². The van der Waals surface area contributed by atoms with Gasteiger partial charge in [-0.15, -0.1) is 0 Å². The second-order valence-corrected chi connectivity index (χ2v) is 12.7. The summed E-state index contributed by atoms with van der Waals surface area (Å²) in [5.74, 6) is -8.90. The molecule has 6 aliphatic rings. The minimum absolute atomic E-state index is 0.129. The number of fused-ring (bicyclic) bond motifs is 6. The van der Waals surface area contributed by atoms with E-state index in [1.54, 1.807) is 6.92 Å². The van der Waals surface area contributed by atoms with Crippen LogP contribution in [0.4, 0.5) is 17.6 Å². The first kappa shape index (κ1) is 22.6. The Balaban J connectivity index is 1.51. The van der Waals surface area contributed by atoms with Crippen LogP contribution in [0.5, 0.6) is 0 Å². The van der Waals surface area contributed by atoms with Gasteiger partial charge in [0.1, 0.15) is 0 Å². The molecule has 32 heavy (non-hydrogen) atoms. The molecule has 8 heteroatoms. The van der Waals surface area contributed by atoms with Crippen LogP contribution < -0.4 is 0 Å². The van der Waals surface area contributed by atoms with E-state index in [-0.39, 0.29) is 36.0 Å². The maximum absolute atomic E-state index is 15.9. The highest BCUT2D eigenvalue weighted by Gasteiger charge is 2.86. The van der Waals surface area contributed by atoms with E-state index in [9.17, 15) is 8.42 Å². The maximum Gasteiger partial charge on any atom is 0.340 e. The molecular formula is C24H30F4O3S. The van der Waals surface area contributed by atoms with Crippen molar-refractivity contribution in [1.82, 2.24) is 0 Å². The average Bonchev–Trinajstić information content (AvgIpc) is 2.74. The summed E-state index contributed by atoms with van der Waals surface area (Å²) in [5, 5.41) is 0. The fourth-order valence-corrected chi connectivity index (χ4v) is 8.61. The summed E-state index contributed by atoms with van der Waals surface area (Å²) in [5.41, 5.74) is -4.40. The molecule has 0 saturated heterocycles. The fraction of sp³-hybridized carbons (Fsp3) is 0.750. The van der Waals surface area contributed by atoms with E-state index in [2.05, 4.69) is 6.92 Å². The Bertz CT molecular complexity index is 999. The monoisotopic (exact) mass is 474 g/mol. The first-order valence-corrected chi connectivity index (χ1v) is 12.9. The predicted octanol–water partition coefficient (Wildman–Crippen LogP) is 6.64. The highest BCUT2D eigenvalue weighted by molar-refractivity contribution is 7.86. The van der Waals surface area contributed by atoms with Crippen molar-refractivity contribution in [3.8, 4) is 0 Å². The van der Waals surface area contributed by atoms with Crippen LogP contribution in [0.15, 0.2) is 29.2 Å². The molecule has 7 rings (SSSR count). The van der Waals surface area contributed by atoms with E-state index in [0.29, 0.717) is 19.3 Å². The van der Waals surface area contributed by atoms with Gasteiger partial charge in [0.25, 0.3) is 10.1 Å². The molecule has 3 nitrogen and oxygen atoms in total. The van der Waals surface area contributed by atoms with Crippen LogP contribution in [0.2, 0.25) is 0 Å². The lowest BCUT2D eigenvalue weighted by molar-refractivity contribution is -0.402. The van der Waals surface area contributed by atoms with Crippen molar-refractivity contribution in [2.45, 2.75) is 100 Å². The molecule has 6 fully saturated rings. The van der Waals surface area contributed by atoms with E-state index in [1.165, 1.54) is 24.3 Å². The molecule has 6 saturated carbocycles. The standard InChI is InChI=1S/C24H30F4O3S/c1-17-3-5-18(6-4-17)32(29,30)31-22-15-13-21(14-16-22,23(25,26)24(22,27)28)20-10-7-19(2,8-11-20)9-12-20/h3-6H,7-16H2,1-2H3. The van der Waals surface area contributed by atoms with Gasteiger partial charge in [-0.1, -0.05) is 24.6 Å². The highest BCUT2D eigenvalue weighted by atomic mass is 32.2. The molecule has 4 bridgehead atoms. The van der Waals surface area contributed by atoms with Crippen molar-refractivity contribution in [3.63, 3.8) is 0 Å². The Morgan fingerprint density at radius 2 is 1.25 bits per heavy atom.